The molecule has 6 heteroatoms. The van der Waals surface area contributed by atoms with Crippen LogP contribution in [0.3, 0.4) is 0 Å². The van der Waals surface area contributed by atoms with E-state index in [1.54, 1.807) is 20.8 Å². The standard InChI is InChI=1S/C22H25F2NO3/c1-21(2,3)28-20(26)25-14-4-5-19(25)22(27,15-6-10-17(23)11-7-15)16-8-12-18(24)13-9-16/h6-13,19,27H,4-5,14H2,1-3H3/t19-/m0/s1. The predicted octanol–water partition coefficient (Wildman–Crippen LogP) is 4.60. The Labute approximate surface area is 163 Å². The average Bonchev–Trinajstić information content (AvgIpc) is 3.11. The molecule has 150 valence electrons. The van der Waals surface area contributed by atoms with Crippen LogP contribution in [0.25, 0.3) is 0 Å². The molecule has 3 rings (SSSR count). The first-order valence-electron chi connectivity index (χ1n) is 9.35. The summed E-state index contributed by atoms with van der Waals surface area (Å²) < 4.78 is 32.5. The quantitative estimate of drug-likeness (QED) is 0.835. The van der Waals surface area contributed by atoms with Gasteiger partial charge in [0.1, 0.15) is 22.8 Å². The third-order valence-electron chi connectivity index (χ3n) is 4.93. The number of ether oxygens (including phenoxy) is 1. The molecule has 0 unspecified atom stereocenters. The monoisotopic (exact) mass is 389 g/mol. The number of likely N-dealkylation sites (tertiary alicyclic amines) is 1. The van der Waals surface area contributed by atoms with Crippen molar-refractivity contribution in [1.82, 2.24) is 4.90 Å². The zero-order valence-electron chi connectivity index (χ0n) is 16.3. The molecule has 0 aliphatic carbocycles. The Balaban J connectivity index is 2.06. The minimum absolute atomic E-state index is 0.430. The SMILES string of the molecule is CC(C)(C)OC(=O)N1CCC[C@H]1C(O)(c1ccc(F)cc1)c1ccc(F)cc1. The number of benzene rings is 2. The van der Waals surface area contributed by atoms with Crippen molar-refractivity contribution in [3.63, 3.8) is 0 Å². The fourth-order valence-electron chi connectivity index (χ4n) is 3.70. The molecule has 0 radical (unpaired) electrons. The van der Waals surface area contributed by atoms with Crippen LogP contribution in [-0.2, 0) is 10.3 Å². The van der Waals surface area contributed by atoms with Gasteiger partial charge in [-0.1, -0.05) is 24.3 Å². The van der Waals surface area contributed by atoms with Gasteiger partial charge in [0.25, 0.3) is 0 Å². The van der Waals surface area contributed by atoms with E-state index in [0.717, 1.165) is 0 Å². The topological polar surface area (TPSA) is 49.8 Å². The van der Waals surface area contributed by atoms with E-state index >= 15 is 0 Å². The fourth-order valence-corrected chi connectivity index (χ4v) is 3.70. The summed E-state index contributed by atoms with van der Waals surface area (Å²) in [6.45, 7) is 5.77. The zero-order chi connectivity index (χ0) is 20.5. The lowest BCUT2D eigenvalue weighted by molar-refractivity contribution is -0.0249. The molecule has 1 atom stereocenters. The first-order chi connectivity index (χ1) is 13.1. The van der Waals surface area contributed by atoms with Crippen LogP contribution in [0.2, 0.25) is 0 Å². The molecule has 2 aromatic carbocycles. The summed E-state index contributed by atoms with van der Waals surface area (Å²) in [5, 5.41) is 11.9. The van der Waals surface area contributed by atoms with E-state index in [9.17, 15) is 18.7 Å². The Hall–Kier alpha value is -2.47. The van der Waals surface area contributed by atoms with E-state index in [-0.39, 0.29) is 0 Å². The van der Waals surface area contributed by atoms with Crippen molar-refractivity contribution in [1.29, 1.82) is 0 Å². The van der Waals surface area contributed by atoms with Gasteiger partial charge in [-0.2, -0.15) is 0 Å². The predicted molar refractivity (Wildman–Crippen MR) is 102 cm³/mol. The van der Waals surface area contributed by atoms with Gasteiger partial charge in [-0.3, -0.25) is 0 Å². The minimum Gasteiger partial charge on any atom is -0.444 e. The van der Waals surface area contributed by atoms with E-state index in [0.29, 0.717) is 30.5 Å². The molecule has 28 heavy (non-hydrogen) atoms. The van der Waals surface area contributed by atoms with E-state index in [4.69, 9.17) is 4.74 Å². The van der Waals surface area contributed by atoms with Gasteiger partial charge in [0.2, 0.25) is 0 Å². The van der Waals surface area contributed by atoms with E-state index in [1.165, 1.54) is 53.4 Å². The number of hydrogen-bond acceptors (Lipinski definition) is 3. The van der Waals surface area contributed by atoms with Gasteiger partial charge in [0.15, 0.2) is 0 Å². The van der Waals surface area contributed by atoms with Crippen LogP contribution in [-0.4, -0.2) is 34.3 Å². The summed E-state index contributed by atoms with van der Waals surface area (Å²) in [5.41, 5.74) is -1.44. The normalized spacial score (nSPS) is 17.6. The van der Waals surface area contributed by atoms with Crippen molar-refractivity contribution in [3.8, 4) is 0 Å². The van der Waals surface area contributed by atoms with Crippen LogP contribution in [0.4, 0.5) is 13.6 Å². The summed E-state index contributed by atoms with van der Waals surface area (Å²) >= 11 is 0. The minimum atomic E-state index is -1.63. The highest BCUT2D eigenvalue weighted by molar-refractivity contribution is 5.69. The number of amides is 1. The van der Waals surface area contributed by atoms with Gasteiger partial charge in [-0.15, -0.1) is 0 Å². The number of hydrogen-bond donors (Lipinski definition) is 1. The van der Waals surface area contributed by atoms with Gasteiger partial charge in [0, 0.05) is 6.54 Å². The second-order valence-electron chi connectivity index (χ2n) is 8.11. The molecule has 1 heterocycles. The van der Waals surface area contributed by atoms with Crippen molar-refractivity contribution in [2.75, 3.05) is 6.54 Å². The first-order valence-corrected chi connectivity index (χ1v) is 9.35. The van der Waals surface area contributed by atoms with Gasteiger partial charge >= 0.3 is 6.09 Å². The molecular formula is C22H25F2NO3. The summed E-state index contributed by atoms with van der Waals surface area (Å²) in [5.74, 6) is -0.860. The molecule has 2 aromatic rings. The molecule has 0 saturated carbocycles. The second-order valence-corrected chi connectivity index (χ2v) is 8.11. The molecule has 0 bridgehead atoms. The second kappa shape index (κ2) is 7.51. The van der Waals surface area contributed by atoms with E-state index in [1.807, 2.05) is 0 Å². The highest BCUT2D eigenvalue weighted by Gasteiger charge is 2.48. The lowest BCUT2D eigenvalue weighted by atomic mass is 9.79. The molecule has 0 spiro atoms. The van der Waals surface area contributed by atoms with Gasteiger partial charge in [0.05, 0.1) is 6.04 Å². The maximum absolute atomic E-state index is 13.5. The van der Waals surface area contributed by atoms with Crippen LogP contribution < -0.4 is 0 Å². The molecule has 1 aliphatic heterocycles. The van der Waals surface area contributed by atoms with E-state index < -0.39 is 35.0 Å². The van der Waals surface area contributed by atoms with Crippen molar-refractivity contribution in [3.05, 3.63) is 71.3 Å². The zero-order valence-corrected chi connectivity index (χ0v) is 16.3. The Bertz CT molecular complexity index is 783. The summed E-state index contributed by atoms with van der Waals surface area (Å²) in [6, 6.07) is 10.4. The summed E-state index contributed by atoms with van der Waals surface area (Å²) in [6.07, 6.45) is 0.705. The molecule has 1 amide bonds. The van der Waals surface area contributed by atoms with Crippen LogP contribution in [0.1, 0.15) is 44.7 Å². The molecule has 1 aliphatic rings. The molecule has 4 nitrogen and oxygen atoms in total. The maximum atomic E-state index is 13.5. The largest absolute Gasteiger partial charge is 0.444 e. The number of carbonyl (C=O) groups excluding carboxylic acids is 1. The Morgan fingerprint density at radius 3 is 1.89 bits per heavy atom. The van der Waals surface area contributed by atoms with Crippen molar-refractivity contribution in [2.24, 2.45) is 0 Å². The number of nitrogens with zero attached hydrogens (tertiary/aromatic N) is 1. The number of aliphatic hydroxyl groups is 1. The average molecular weight is 389 g/mol. The van der Waals surface area contributed by atoms with E-state index in [2.05, 4.69) is 0 Å². The number of rotatable bonds is 3. The Kier molecular flexibility index (Phi) is 5.44. The molecule has 0 aromatic heterocycles. The van der Waals surface area contributed by atoms with Crippen LogP contribution >= 0.6 is 0 Å². The van der Waals surface area contributed by atoms with Gasteiger partial charge in [-0.25, -0.2) is 13.6 Å². The van der Waals surface area contributed by atoms with Crippen molar-refractivity contribution in [2.45, 2.75) is 50.9 Å². The number of carbonyl (C=O) groups is 1. The third kappa shape index (κ3) is 4.02. The maximum Gasteiger partial charge on any atom is 0.410 e. The molecule has 1 fully saturated rings. The third-order valence-corrected chi connectivity index (χ3v) is 4.93. The van der Waals surface area contributed by atoms with Crippen molar-refractivity contribution < 1.29 is 23.4 Å². The summed E-state index contributed by atoms with van der Waals surface area (Å²) in [7, 11) is 0. The van der Waals surface area contributed by atoms with Crippen LogP contribution in [0.5, 0.6) is 0 Å². The molecule has 1 saturated heterocycles. The first kappa shape index (κ1) is 20.3. The molecule has 1 N–H and O–H groups in total. The lowest BCUT2D eigenvalue weighted by Crippen LogP contribution is -2.51. The number of halogens is 2. The summed E-state index contributed by atoms with van der Waals surface area (Å²) in [4.78, 5) is 14.3. The lowest BCUT2D eigenvalue weighted by Gasteiger charge is -2.40. The van der Waals surface area contributed by atoms with Crippen LogP contribution in [0.15, 0.2) is 48.5 Å². The highest BCUT2D eigenvalue weighted by Crippen LogP contribution is 2.41. The highest BCUT2D eigenvalue weighted by atomic mass is 19.1. The Morgan fingerprint density at radius 1 is 1.00 bits per heavy atom. The smallest absolute Gasteiger partial charge is 0.410 e. The van der Waals surface area contributed by atoms with Gasteiger partial charge in [-0.05, 0) is 69.0 Å². The molecular weight excluding hydrogens is 364 g/mol. The van der Waals surface area contributed by atoms with Crippen molar-refractivity contribution >= 4 is 6.09 Å². The Morgan fingerprint density at radius 2 is 1.46 bits per heavy atom. The fraction of sp³-hybridized carbons (Fsp3) is 0.409. The van der Waals surface area contributed by atoms with Crippen LogP contribution in [0, 0.1) is 11.6 Å². The van der Waals surface area contributed by atoms with Gasteiger partial charge < -0.3 is 14.7 Å².